The van der Waals surface area contributed by atoms with Gasteiger partial charge in [0.15, 0.2) is 0 Å². The van der Waals surface area contributed by atoms with Crippen LogP contribution >= 0.6 is 34.8 Å². The Kier molecular flexibility index (Phi) is 2.00. The van der Waals surface area contributed by atoms with Crippen molar-refractivity contribution in [3.8, 4) is 0 Å². The van der Waals surface area contributed by atoms with E-state index >= 15 is 0 Å². The number of hydrogen-bond donors (Lipinski definition) is 0. The first-order valence-corrected chi connectivity index (χ1v) is 8.19. The van der Waals surface area contributed by atoms with Crippen LogP contribution in [0.15, 0.2) is 29.3 Å². The molecule has 19 heavy (non-hydrogen) atoms. The van der Waals surface area contributed by atoms with Gasteiger partial charge in [-0.25, -0.2) is 0 Å². The lowest BCUT2D eigenvalue weighted by Crippen LogP contribution is -2.67. The van der Waals surface area contributed by atoms with E-state index in [1.807, 2.05) is 0 Å². The van der Waals surface area contributed by atoms with E-state index in [0.29, 0.717) is 34.8 Å². The van der Waals surface area contributed by atoms with Crippen LogP contribution in [0.25, 0.3) is 0 Å². The fraction of sp³-hybridized carbons (Fsp3) is 0.667. The molecule has 0 spiro atoms. The van der Waals surface area contributed by atoms with Crippen molar-refractivity contribution < 1.29 is 0 Å². The average Bonchev–Trinajstić information content (AvgIpc) is 3.07. The van der Waals surface area contributed by atoms with Gasteiger partial charge in [0, 0.05) is 17.8 Å². The van der Waals surface area contributed by atoms with Gasteiger partial charge in [-0.3, -0.25) is 4.99 Å². The third kappa shape index (κ3) is 1.06. The summed E-state index contributed by atoms with van der Waals surface area (Å²) < 4.78 is 0. The van der Waals surface area contributed by atoms with Crippen LogP contribution < -0.4 is 0 Å². The highest BCUT2D eigenvalue weighted by Gasteiger charge is 2.74. The summed E-state index contributed by atoms with van der Waals surface area (Å²) in [5, 5.41) is 0.555. The minimum Gasteiger partial charge on any atom is -0.252 e. The lowest BCUT2D eigenvalue weighted by Gasteiger charge is -2.60. The number of hydrogen-bond acceptors (Lipinski definition) is 1. The zero-order valence-corrected chi connectivity index (χ0v) is 12.5. The Labute approximate surface area is 127 Å². The monoisotopic (exact) mass is 313 g/mol. The van der Waals surface area contributed by atoms with Gasteiger partial charge in [0.2, 0.25) is 0 Å². The van der Waals surface area contributed by atoms with Crippen molar-refractivity contribution in [3.63, 3.8) is 0 Å². The van der Waals surface area contributed by atoms with E-state index in [1.165, 1.54) is 6.42 Å². The maximum absolute atomic E-state index is 7.10. The Morgan fingerprint density at radius 3 is 2.63 bits per heavy atom. The molecule has 4 heteroatoms. The summed E-state index contributed by atoms with van der Waals surface area (Å²) in [5.74, 6) is 2.38. The molecule has 0 N–H and O–H groups in total. The number of fused-ring (bicyclic) bond motifs is 2. The number of aliphatic imine (C=N–C) groups is 1. The van der Waals surface area contributed by atoms with Crippen molar-refractivity contribution in [2.75, 3.05) is 0 Å². The summed E-state index contributed by atoms with van der Waals surface area (Å²) in [6, 6.07) is 0. The molecule has 8 atom stereocenters. The molecule has 4 aliphatic carbocycles. The molecule has 6 aliphatic rings. The van der Waals surface area contributed by atoms with Crippen LogP contribution in [0.1, 0.15) is 12.8 Å². The van der Waals surface area contributed by atoms with Crippen molar-refractivity contribution in [1.29, 1.82) is 0 Å². The molecule has 1 nitrogen and oxygen atoms in total. The minimum absolute atomic E-state index is 0.255. The third-order valence-corrected chi connectivity index (χ3v) is 7.96. The van der Waals surface area contributed by atoms with Gasteiger partial charge >= 0.3 is 0 Å². The molecule has 2 saturated carbocycles. The number of alkyl halides is 2. The third-order valence-electron chi connectivity index (χ3n) is 6.17. The van der Waals surface area contributed by atoms with Crippen LogP contribution in [0, 0.1) is 35.5 Å². The van der Waals surface area contributed by atoms with Crippen LogP contribution in [-0.2, 0) is 0 Å². The normalized spacial score (nSPS) is 63.4. The first-order chi connectivity index (χ1) is 9.07. The molecule has 0 radical (unpaired) electrons. The van der Waals surface area contributed by atoms with E-state index in [2.05, 4.69) is 24.3 Å². The van der Waals surface area contributed by atoms with E-state index in [-0.39, 0.29) is 5.92 Å². The van der Waals surface area contributed by atoms with Crippen molar-refractivity contribution >= 4 is 40.0 Å². The SMILES string of the molecule is ClC1=N[C@@]2(Cl)C3CC=CC3[C@]1(Cl)C1C2[C@H]2C=C[C@@H]1C2. The lowest BCUT2D eigenvalue weighted by molar-refractivity contribution is 0.0518. The molecular formula is C15H14Cl3N. The Morgan fingerprint density at radius 1 is 1.11 bits per heavy atom. The predicted molar refractivity (Wildman–Crippen MR) is 78.9 cm³/mol. The molecule has 0 aromatic rings. The predicted octanol–water partition coefficient (Wildman–Crippen LogP) is 4.19. The van der Waals surface area contributed by atoms with E-state index < -0.39 is 9.87 Å². The second-order valence-electron chi connectivity index (χ2n) is 6.69. The summed E-state index contributed by atoms with van der Waals surface area (Å²) in [7, 11) is 0. The molecule has 2 aliphatic heterocycles. The van der Waals surface area contributed by atoms with Gasteiger partial charge in [0.05, 0.1) is 0 Å². The largest absolute Gasteiger partial charge is 0.252 e. The number of allylic oxidation sites excluding steroid dienone is 4. The van der Waals surface area contributed by atoms with Gasteiger partial charge in [0.25, 0.3) is 0 Å². The second kappa shape index (κ2) is 3.26. The van der Waals surface area contributed by atoms with E-state index in [1.54, 1.807) is 0 Å². The fourth-order valence-electron chi connectivity index (χ4n) is 5.59. The van der Waals surface area contributed by atoms with Gasteiger partial charge in [-0.15, -0.1) is 11.6 Å². The lowest BCUT2D eigenvalue weighted by atomic mass is 9.55. The van der Waals surface area contributed by atoms with Crippen LogP contribution in [-0.4, -0.2) is 15.0 Å². The summed E-state index contributed by atoms with van der Waals surface area (Å²) in [5.41, 5.74) is 0. The van der Waals surface area contributed by atoms with Gasteiger partial charge < -0.3 is 0 Å². The Morgan fingerprint density at radius 2 is 1.84 bits per heavy atom. The zero-order chi connectivity index (χ0) is 13.0. The van der Waals surface area contributed by atoms with Crippen molar-refractivity contribution in [2.45, 2.75) is 22.7 Å². The molecular weight excluding hydrogens is 301 g/mol. The van der Waals surface area contributed by atoms with Crippen LogP contribution in [0.2, 0.25) is 0 Å². The van der Waals surface area contributed by atoms with Gasteiger partial charge in [-0.1, -0.05) is 47.5 Å². The molecule has 0 aromatic heterocycles. The summed E-state index contributed by atoms with van der Waals surface area (Å²) in [6.45, 7) is 0. The summed E-state index contributed by atoms with van der Waals surface area (Å²) in [6.07, 6.45) is 11.3. The van der Waals surface area contributed by atoms with E-state index in [0.717, 1.165) is 6.42 Å². The zero-order valence-electron chi connectivity index (χ0n) is 10.3. The first kappa shape index (κ1) is 11.7. The quantitative estimate of drug-likeness (QED) is 0.361. The van der Waals surface area contributed by atoms with Crippen molar-refractivity contribution in [2.24, 2.45) is 40.5 Å². The Balaban J connectivity index is 1.80. The summed E-state index contributed by atoms with van der Waals surface area (Å²) >= 11 is 20.6. The smallest absolute Gasteiger partial charge is 0.142 e. The molecule has 4 unspecified atom stereocenters. The van der Waals surface area contributed by atoms with E-state index in [4.69, 9.17) is 39.8 Å². The summed E-state index contributed by atoms with van der Waals surface area (Å²) in [4.78, 5) is 3.66. The maximum Gasteiger partial charge on any atom is 0.142 e. The molecule has 100 valence electrons. The van der Waals surface area contributed by atoms with Crippen LogP contribution in [0.4, 0.5) is 0 Å². The molecule has 2 fully saturated rings. The molecule has 2 heterocycles. The van der Waals surface area contributed by atoms with Gasteiger partial charge in [0.1, 0.15) is 15.0 Å². The minimum atomic E-state index is -0.531. The maximum atomic E-state index is 7.10. The van der Waals surface area contributed by atoms with Gasteiger partial charge in [-0.05, 0) is 30.6 Å². The topological polar surface area (TPSA) is 12.4 Å². The highest BCUT2D eigenvalue weighted by Crippen LogP contribution is 2.72. The molecule has 0 saturated heterocycles. The average molecular weight is 315 g/mol. The van der Waals surface area contributed by atoms with E-state index in [9.17, 15) is 0 Å². The molecule has 4 bridgehead atoms. The number of halogens is 3. The fourth-order valence-corrected chi connectivity index (χ4v) is 7.19. The molecule has 6 rings (SSSR count). The Hall–Kier alpha value is 0.0200. The van der Waals surface area contributed by atoms with Gasteiger partial charge in [-0.2, -0.15) is 0 Å². The van der Waals surface area contributed by atoms with Crippen molar-refractivity contribution in [3.05, 3.63) is 24.3 Å². The Bertz CT molecular complexity index is 568. The molecule has 0 amide bonds. The highest BCUT2D eigenvalue weighted by atomic mass is 35.5. The standard InChI is InChI=1S/C15H14Cl3N/c16-13-14(17)9-2-1-3-10(9)15(18,19-13)12-8-5-4-7(6-8)11(12)14/h1-2,4-5,7-12H,3,6H2/t7-,8+,9?,10?,11?,12?,14+,15+/m1/s1. The van der Waals surface area contributed by atoms with Crippen LogP contribution in [0.3, 0.4) is 0 Å². The second-order valence-corrected chi connectivity index (χ2v) is 8.28. The highest BCUT2D eigenvalue weighted by molar-refractivity contribution is 6.73. The van der Waals surface area contributed by atoms with Crippen LogP contribution in [0.5, 0.6) is 0 Å². The molecule has 0 aromatic carbocycles. The first-order valence-electron chi connectivity index (χ1n) is 7.05. The van der Waals surface area contributed by atoms with Crippen molar-refractivity contribution in [1.82, 2.24) is 0 Å². The number of rotatable bonds is 0. The number of nitrogens with zero attached hydrogens (tertiary/aromatic N) is 1.